The van der Waals surface area contributed by atoms with Crippen molar-refractivity contribution in [3.05, 3.63) is 58.6 Å². The van der Waals surface area contributed by atoms with Crippen LogP contribution in [0.4, 0.5) is 16.5 Å². The molecule has 1 N–H and O–H groups in total. The zero-order chi connectivity index (χ0) is 21.3. The number of aromatic nitrogens is 1. The number of carbonyl (C=O) groups excluding carboxylic acids is 2. The van der Waals surface area contributed by atoms with E-state index >= 15 is 0 Å². The summed E-state index contributed by atoms with van der Waals surface area (Å²) in [6.07, 6.45) is -0.126. The van der Waals surface area contributed by atoms with E-state index in [0.717, 1.165) is 10.2 Å². The number of amides is 2. The third-order valence-corrected chi connectivity index (χ3v) is 6.52. The average molecular weight is 441 g/mol. The number of carbonyl (C=O) groups is 2. The van der Waals surface area contributed by atoms with E-state index in [0.29, 0.717) is 10.3 Å². The Morgan fingerprint density at radius 3 is 2.77 bits per heavy atom. The number of amidine groups is 1. The van der Waals surface area contributed by atoms with Gasteiger partial charge < -0.3 is 5.32 Å². The first kappa shape index (κ1) is 20.0. The van der Waals surface area contributed by atoms with Gasteiger partial charge in [-0.1, -0.05) is 47.4 Å². The van der Waals surface area contributed by atoms with E-state index in [1.54, 1.807) is 13.1 Å². The summed E-state index contributed by atoms with van der Waals surface area (Å²) >= 11 is 2.59. The van der Waals surface area contributed by atoms with Crippen molar-refractivity contribution in [2.75, 3.05) is 12.4 Å². The molecular weight excluding hydrogens is 426 g/mol. The molecule has 1 saturated heterocycles. The zero-order valence-corrected chi connectivity index (χ0v) is 17.3. The maximum absolute atomic E-state index is 12.6. The summed E-state index contributed by atoms with van der Waals surface area (Å²) in [6, 6.07) is 13.5. The number of hydrogen-bond donors (Lipinski definition) is 1. The number of nitrogens with zero attached hydrogens (tertiary/aromatic N) is 4. The number of para-hydroxylation sites is 3. The maximum Gasteiger partial charge on any atom is 0.292 e. The summed E-state index contributed by atoms with van der Waals surface area (Å²) in [5.74, 6) is -0.734. The SMILES string of the molecule is CN1C(=O)[C@@H](CC(=O)Nc2ccccc2[N+](=O)[O-])SC1=Nc1nc2ccccc2s1. The minimum atomic E-state index is -0.661. The zero-order valence-electron chi connectivity index (χ0n) is 15.6. The van der Waals surface area contributed by atoms with Gasteiger partial charge in [-0.05, 0) is 18.2 Å². The van der Waals surface area contributed by atoms with E-state index in [9.17, 15) is 19.7 Å². The van der Waals surface area contributed by atoms with Crippen molar-refractivity contribution in [3.63, 3.8) is 0 Å². The molecule has 152 valence electrons. The van der Waals surface area contributed by atoms with Crippen LogP contribution in [-0.2, 0) is 9.59 Å². The number of fused-ring (bicyclic) bond motifs is 1. The molecule has 1 aliphatic heterocycles. The minimum Gasteiger partial charge on any atom is -0.320 e. The van der Waals surface area contributed by atoms with Crippen LogP contribution in [0.15, 0.2) is 53.5 Å². The van der Waals surface area contributed by atoms with Crippen LogP contribution in [-0.4, -0.2) is 44.1 Å². The normalized spacial score (nSPS) is 17.6. The van der Waals surface area contributed by atoms with Gasteiger partial charge in [0.25, 0.3) is 5.69 Å². The number of nitrogens with one attached hydrogen (secondary N) is 1. The molecule has 1 atom stereocenters. The number of aliphatic imine (C=N–C) groups is 1. The molecular formula is C19H15N5O4S2. The van der Waals surface area contributed by atoms with Gasteiger partial charge in [0.05, 0.1) is 15.1 Å². The molecule has 0 bridgehead atoms. The van der Waals surface area contributed by atoms with Crippen LogP contribution < -0.4 is 5.32 Å². The van der Waals surface area contributed by atoms with E-state index in [2.05, 4.69) is 15.3 Å². The third kappa shape index (κ3) is 4.02. The van der Waals surface area contributed by atoms with Crippen molar-refractivity contribution in [1.29, 1.82) is 0 Å². The Morgan fingerprint density at radius 1 is 1.27 bits per heavy atom. The van der Waals surface area contributed by atoms with Gasteiger partial charge in [-0.2, -0.15) is 4.99 Å². The summed E-state index contributed by atoms with van der Waals surface area (Å²) in [5, 5.41) is 13.9. The fourth-order valence-corrected chi connectivity index (χ4v) is 4.93. The van der Waals surface area contributed by atoms with Gasteiger partial charge in [0.1, 0.15) is 10.9 Å². The molecule has 9 nitrogen and oxygen atoms in total. The molecule has 3 aromatic rings. The summed E-state index contributed by atoms with van der Waals surface area (Å²) in [5.41, 5.74) is 0.727. The highest BCUT2D eigenvalue weighted by atomic mass is 32.2. The summed E-state index contributed by atoms with van der Waals surface area (Å²) in [6.45, 7) is 0. The number of anilines is 1. The topological polar surface area (TPSA) is 118 Å². The van der Waals surface area contributed by atoms with Crippen molar-refractivity contribution in [3.8, 4) is 0 Å². The van der Waals surface area contributed by atoms with Gasteiger partial charge >= 0.3 is 0 Å². The molecule has 1 aliphatic rings. The Hall–Kier alpha value is -3.31. The number of thioether (sulfide) groups is 1. The van der Waals surface area contributed by atoms with Crippen LogP contribution in [0.25, 0.3) is 10.2 Å². The second kappa shape index (κ2) is 8.20. The fraction of sp³-hybridized carbons (Fsp3) is 0.158. The van der Waals surface area contributed by atoms with Crippen LogP contribution in [0, 0.1) is 10.1 Å². The van der Waals surface area contributed by atoms with Gasteiger partial charge in [0.15, 0.2) is 5.17 Å². The van der Waals surface area contributed by atoms with E-state index in [1.807, 2.05) is 24.3 Å². The number of rotatable bonds is 5. The highest BCUT2D eigenvalue weighted by Gasteiger charge is 2.37. The number of nitro groups is 1. The number of nitro benzene ring substituents is 1. The lowest BCUT2D eigenvalue weighted by Gasteiger charge is -2.09. The van der Waals surface area contributed by atoms with E-state index < -0.39 is 16.1 Å². The minimum absolute atomic E-state index is 0.0969. The van der Waals surface area contributed by atoms with E-state index in [4.69, 9.17) is 0 Å². The molecule has 2 heterocycles. The first-order chi connectivity index (χ1) is 14.4. The second-order valence-corrected chi connectivity index (χ2v) is 8.57. The largest absolute Gasteiger partial charge is 0.320 e. The smallest absolute Gasteiger partial charge is 0.292 e. The lowest BCUT2D eigenvalue weighted by Crippen LogP contribution is -2.30. The summed E-state index contributed by atoms with van der Waals surface area (Å²) in [7, 11) is 1.60. The first-order valence-corrected chi connectivity index (χ1v) is 10.5. The summed E-state index contributed by atoms with van der Waals surface area (Å²) in [4.78, 5) is 45.8. The lowest BCUT2D eigenvalue weighted by molar-refractivity contribution is -0.383. The van der Waals surface area contributed by atoms with Gasteiger partial charge in [0, 0.05) is 19.5 Å². The number of benzene rings is 2. The molecule has 2 aromatic carbocycles. The molecule has 0 unspecified atom stereocenters. The average Bonchev–Trinajstić information content (AvgIpc) is 3.24. The Morgan fingerprint density at radius 2 is 2.00 bits per heavy atom. The van der Waals surface area contributed by atoms with Gasteiger partial charge in [-0.3, -0.25) is 24.6 Å². The monoisotopic (exact) mass is 441 g/mol. The quantitative estimate of drug-likeness (QED) is 0.475. The molecule has 30 heavy (non-hydrogen) atoms. The Labute approximate surface area is 179 Å². The standard InChI is InChI=1S/C19H15N5O4S2/c1-23-17(26)15(10-16(25)20-11-6-2-4-8-13(11)24(27)28)30-19(23)22-18-21-12-7-3-5-9-14(12)29-18/h2-9,15H,10H2,1H3,(H,20,25)/t15-/m1/s1. The Balaban J connectivity index is 1.47. The van der Waals surface area contributed by atoms with Gasteiger partial charge in [-0.15, -0.1) is 0 Å². The Bertz CT molecular complexity index is 1160. The van der Waals surface area contributed by atoms with E-state index in [1.165, 1.54) is 46.2 Å². The predicted octanol–water partition coefficient (Wildman–Crippen LogP) is 3.79. The predicted molar refractivity (Wildman–Crippen MR) is 117 cm³/mol. The van der Waals surface area contributed by atoms with Crippen molar-refractivity contribution in [2.24, 2.45) is 4.99 Å². The van der Waals surface area contributed by atoms with Crippen LogP contribution in [0.3, 0.4) is 0 Å². The van der Waals surface area contributed by atoms with Crippen LogP contribution in [0.5, 0.6) is 0 Å². The molecule has 0 spiro atoms. The molecule has 1 aromatic heterocycles. The fourth-order valence-electron chi connectivity index (χ4n) is 2.90. The van der Waals surface area contributed by atoms with Crippen molar-refractivity contribution in [1.82, 2.24) is 9.88 Å². The molecule has 0 saturated carbocycles. The maximum atomic E-state index is 12.6. The lowest BCUT2D eigenvalue weighted by atomic mass is 10.2. The summed E-state index contributed by atoms with van der Waals surface area (Å²) < 4.78 is 0.995. The van der Waals surface area contributed by atoms with Crippen LogP contribution in [0.2, 0.25) is 0 Å². The third-order valence-electron chi connectivity index (χ3n) is 4.36. The second-order valence-electron chi connectivity index (χ2n) is 6.39. The van der Waals surface area contributed by atoms with Gasteiger partial charge in [0.2, 0.25) is 16.9 Å². The molecule has 11 heteroatoms. The number of thiazole rings is 1. The van der Waals surface area contributed by atoms with Gasteiger partial charge in [-0.25, -0.2) is 4.98 Å². The molecule has 0 radical (unpaired) electrons. The molecule has 2 amide bonds. The Kier molecular flexibility index (Phi) is 5.46. The molecule has 0 aliphatic carbocycles. The van der Waals surface area contributed by atoms with E-state index in [-0.39, 0.29) is 23.7 Å². The number of hydrogen-bond acceptors (Lipinski definition) is 8. The highest BCUT2D eigenvalue weighted by Crippen LogP contribution is 2.34. The molecule has 4 rings (SSSR count). The first-order valence-electron chi connectivity index (χ1n) is 8.84. The van der Waals surface area contributed by atoms with Crippen molar-refractivity contribution < 1.29 is 14.5 Å². The van der Waals surface area contributed by atoms with Crippen LogP contribution in [0.1, 0.15) is 6.42 Å². The highest BCUT2D eigenvalue weighted by molar-refractivity contribution is 8.15. The van der Waals surface area contributed by atoms with Crippen LogP contribution >= 0.6 is 23.1 Å². The van der Waals surface area contributed by atoms with Crippen molar-refractivity contribution in [2.45, 2.75) is 11.7 Å². The molecule has 1 fully saturated rings. The van der Waals surface area contributed by atoms with Crippen molar-refractivity contribution >= 4 is 66.8 Å².